The predicted octanol–water partition coefficient (Wildman–Crippen LogP) is -5.08. The van der Waals surface area contributed by atoms with Gasteiger partial charge < -0.3 is 19.7 Å². The molecule has 1 N–H and O–H groups in total. The first-order chi connectivity index (χ1) is 5.72. The van der Waals surface area contributed by atoms with E-state index in [4.69, 9.17) is 10.2 Å². The third-order valence-electron chi connectivity index (χ3n) is 0.537. The van der Waals surface area contributed by atoms with Crippen molar-refractivity contribution < 1.29 is 58.8 Å². The second-order valence-corrected chi connectivity index (χ2v) is 0.983. The van der Waals surface area contributed by atoms with E-state index in [1.165, 1.54) is 0 Å². The van der Waals surface area contributed by atoms with Gasteiger partial charge in [-0.1, -0.05) is 0 Å². The van der Waals surface area contributed by atoms with Crippen molar-refractivity contribution in [3.05, 3.63) is 0 Å². The van der Waals surface area contributed by atoms with Gasteiger partial charge in [-0.3, -0.25) is 0 Å². The summed E-state index contributed by atoms with van der Waals surface area (Å²) in [6.45, 7) is 0. The molecule has 0 radical (unpaired) electrons. The second kappa shape index (κ2) is 22.6. The fourth-order valence-electron chi connectivity index (χ4n) is 0.167. The van der Waals surface area contributed by atoms with Crippen molar-refractivity contribution >= 4 is 11.9 Å². The summed E-state index contributed by atoms with van der Waals surface area (Å²) in [6.07, 6.45) is 0. The molecule has 6 nitrogen and oxygen atoms in total. The molecule has 0 rings (SSSR count). The van der Waals surface area contributed by atoms with Gasteiger partial charge in [-0.25, -0.2) is 9.59 Å². The zero-order valence-corrected chi connectivity index (χ0v) is 10.5. The van der Waals surface area contributed by atoms with E-state index in [1.54, 1.807) is 0 Å². The third-order valence-corrected chi connectivity index (χ3v) is 0.537. The van der Waals surface area contributed by atoms with Crippen LogP contribution in [0.5, 0.6) is 0 Å². The zero-order chi connectivity index (χ0) is 10.6. The minimum Gasteiger partial charge on any atom is -0.857 e. The number of methoxy groups -OCH3 is 2. The first-order valence-corrected chi connectivity index (χ1v) is 2.74. The van der Waals surface area contributed by atoms with Gasteiger partial charge in [0.2, 0.25) is 0 Å². The van der Waals surface area contributed by atoms with Gasteiger partial charge in [-0.15, -0.1) is 0 Å². The standard InChI is InChI=1S/C4H6O4.CH4O.CH3O.Na/c1-7-3(5)4(6)8-2;2*1-2;/h1-2H3;2H,1H3;1H3;/q;;-1;+1. The molecule has 0 spiro atoms. The average Bonchev–Trinajstić information content (AvgIpc) is 2.21. The SMILES string of the molecule is CO.COC(=O)C(=O)OC.C[O-].[Na+]. The van der Waals surface area contributed by atoms with Gasteiger partial charge in [-0.05, 0) is 0 Å². The van der Waals surface area contributed by atoms with Crippen LogP contribution in [-0.4, -0.2) is 45.5 Å². The van der Waals surface area contributed by atoms with E-state index < -0.39 is 11.9 Å². The molecule has 0 aromatic heterocycles. The van der Waals surface area contributed by atoms with Gasteiger partial charge in [-0.2, -0.15) is 7.11 Å². The molecule has 0 unspecified atom stereocenters. The smallest absolute Gasteiger partial charge is 0.857 e. The monoisotopic (exact) mass is 204 g/mol. The molecule has 0 fully saturated rings. The van der Waals surface area contributed by atoms with Crippen LogP contribution in [0.25, 0.3) is 0 Å². The Morgan fingerprint density at radius 1 is 1.00 bits per heavy atom. The van der Waals surface area contributed by atoms with Crippen molar-refractivity contribution in [3.63, 3.8) is 0 Å². The minimum absolute atomic E-state index is 0. The summed E-state index contributed by atoms with van der Waals surface area (Å²) < 4.78 is 7.98. The summed E-state index contributed by atoms with van der Waals surface area (Å²) in [6, 6.07) is 0. The largest absolute Gasteiger partial charge is 1.00 e. The van der Waals surface area contributed by atoms with Crippen molar-refractivity contribution in [2.75, 3.05) is 28.4 Å². The van der Waals surface area contributed by atoms with Crippen molar-refractivity contribution in [2.24, 2.45) is 0 Å². The van der Waals surface area contributed by atoms with Crippen LogP contribution in [0.1, 0.15) is 0 Å². The maximum Gasteiger partial charge on any atom is 1.00 e. The molecule has 7 heteroatoms. The Morgan fingerprint density at radius 2 is 1.15 bits per heavy atom. The van der Waals surface area contributed by atoms with E-state index in [2.05, 4.69) is 9.47 Å². The van der Waals surface area contributed by atoms with E-state index in [9.17, 15) is 9.59 Å². The molecule has 74 valence electrons. The molecule has 13 heavy (non-hydrogen) atoms. The van der Waals surface area contributed by atoms with Crippen molar-refractivity contribution in [1.82, 2.24) is 0 Å². The molecule has 0 aliphatic carbocycles. The molecule has 0 bridgehead atoms. The van der Waals surface area contributed by atoms with Crippen molar-refractivity contribution in [2.45, 2.75) is 0 Å². The Labute approximate surface area is 99.1 Å². The van der Waals surface area contributed by atoms with E-state index in [0.29, 0.717) is 0 Å². The zero-order valence-electron chi connectivity index (χ0n) is 8.49. The molecule has 0 atom stereocenters. The Bertz CT molecular complexity index is 102. The molecule has 0 saturated heterocycles. The number of ether oxygens (including phenoxy) is 2. The van der Waals surface area contributed by atoms with E-state index in [1.807, 2.05) is 0 Å². The maximum atomic E-state index is 10.0. The molecule has 0 aliphatic heterocycles. The summed E-state index contributed by atoms with van der Waals surface area (Å²) in [7, 11) is 3.97. The van der Waals surface area contributed by atoms with E-state index >= 15 is 0 Å². The Kier molecular flexibility index (Phi) is 40.1. The molecule has 0 aromatic rings. The molecular formula is C6H13NaO6. The van der Waals surface area contributed by atoms with Gasteiger partial charge in [0.05, 0.1) is 14.2 Å². The number of hydrogen-bond donors (Lipinski definition) is 1. The number of carbonyl (C=O) groups excluding carboxylic acids is 2. The van der Waals surface area contributed by atoms with Gasteiger partial charge in [0.1, 0.15) is 0 Å². The maximum absolute atomic E-state index is 10.0. The molecule has 0 aromatic carbocycles. The summed E-state index contributed by atoms with van der Waals surface area (Å²) >= 11 is 0. The first-order valence-electron chi connectivity index (χ1n) is 2.74. The quantitative estimate of drug-likeness (QED) is 0.241. The molecular weight excluding hydrogens is 191 g/mol. The number of aliphatic hydroxyl groups excluding tert-OH is 1. The fraction of sp³-hybridized carbons (Fsp3) is 0.667. The molecule has 0 heterocycles. The average molecular weight is 204 g/mol. The second-order valence-electron chi connectivity index (χ2n) is 0.983. The minimum atomic E-state index is -0.979. The van der Waals surface area contributed by atoms with Crippen LogP contribution < -0.4 is 34.7 Å². The molecule has 0 amide bonds. The van der Waals surface area contributed by atoms with E-state index in [0.717, 1.165) is 28.4 Å². The van der Waals surface area contributed by atoms with Gasteiger partial charge in [0, 0.05) is 7.11 Å². The Balaban J connectivity index is -0.0000000712. The van der Waals surface area contributed by atoms with Gasteiger partial charge in [0.25, 0.3) is 0 Å². The first kappa shape index (κ1) is 23.0. The summed E-state index contributed by atoms with van der Waals surface area (Å²) in [5.74, 6) is -1.96. The van der Waals surface area contributed by atoms with Crippen LogP contribution in [0.3, 0.4) is 0 Å². The number of aliphatic hydroxyl groups is 1. The number of esters is 2. The van der Waals surface area contributed by atoms with Crippen molar-refractivity contribution in [1.29, 1.82) is 0 Å². The van der Waals surface area contributed by atoms with E-state index in [-0.39, 0.29) is 29.6 Å². The Morgan fingerprint density at radius 3 is 1.23 bits per heavy atom. The summed E-state index contributed by atoms with van der Waals surface area (Å²) in [4.78, 5) is 20.1. The van der Waals surface area contributed by atoms with Crippen molar-refractivity contribution in [3.8, 4) is 0 Å². The van der Waals surface area contributed by atoms with Gasteiger partial charge in [0.15, 0.2) is 0 Å². The Hall–Kier alpha value is -0.140. The van der Waals surface area contributed by atoms with Crippen LogP contribution in [0.15, 0.2) is 0 Å². The fourth-order valence-corrected chi connectivity index (χ4v) is 0.167. The van der Waals surface area contributed by atoms with Gasteiger partial charge >= 0.3 is 41.5 Å². The topological polar surface area (TPSA) is 95.9 Å². The number of hydrogen-bond acceptors (Lipinski definition) is 6. The van der Waals surface area contributed by atoms with Crippen LogP contribution in [0.2, 0.25) is 0 Å². The van der Waals surface area contributed by atoms with Crippen LogP contribution in [0, 0.1) is 0 Å². The summed E-state index contributed by atoms with van der Waals surface area (Å²) in [5, 5.41) is 15.2. The molecule has 0 aliphatic rings. The van der Waals surface area contributed by atoms with Crippen LogP contribution >= 0.6 is 0 Å². The third kappa shape index (κ3) is 18.7. The summed E-state index contributed by atoms with van der Waals surface area (Å²) in [5.41, 5.74) is 0. The predicted molar refractivity (Wildman–Crippen MR) is 38.1 cm³/mol. The number of carbonyl (C=O) groups is 2. The van der Waals surface area contributed by atoms with Crippen LogP contribution in [-0.2, 0) is 19.1 Å². The molecule has 0 saturated carbocycles. The van der Waals surface area contributed by atoms with Crippen LogP contribution in [0.4, 0.5) is 0 Å². The normalized spacial score (nSPS) is 5.69. The number of rotatable bonds is 0.